The van der Waals surface area contributed by atoms with Crippen molar-refractivity contribution in [1.82, 2.24) is 0 Å². The van der Waals surface area contributed by atoms with Gasteiger partial charge >= 0.3 is 0 Å². The van der Waals surface area contributed by atoms with Crippen molar-refractivity contribution in [3.05, 3.63) is 29.6 Å². The van der Waals surface area contributed by atoms with Crippen molar-refractivity contribution in [2.75, 3.05) is 0 Å². The minimum atomic E-state index is -0.386. The molecule has 3 heteroatoms. The number of halogens is 1. The molecule has 86 valence electrons. The first-order chi connectivity index (χ1) is 7.70. The number of hydrogen-bond donors (Lipinski definition) is 0. The summed E-state index contributed by atoms with van der Waals surface area (Å²) in [6.07, 6.45) is 3.36. The molecule has 0 spiro atoms. The molecule has 1 aliphatic rings. The maximum absolute atomic E-state index is 13.0. The molecule has 1 atom stereocenters. The van der Waals surface area contributed by atoms with Crippen LogP contribution in [-0.2, 0) is 0 Å². The van der Waals surface area contributed by atoms with Gasteiger partial charge in [-0.1, -0.05) is 19.8 Å². The summed E-state index contributed by atoms with van der Waals surface area (Å²) in [6.45, 7) is 2.11. The molecule has 1 unspecified atom stereocenters. The molecule has 0 amide bonds. The van der Waals surface area contributed by atoms with E-state index in [2.05, 4.69) is 6.92 Å². The molecular formula is C13H15FO2. The Balaban J connectivity index is 2.17. The quantitative estimate of drug-likeness (QED) is 0.784. The summed E-state index contributed by atoms with van der Waals surface area (Å²) >= 11 is 0. The van der Waals surface area contributed by atoms with E-state index >= 15 is 0 Å². The van der Waals surface area contributed by atoms with Crippen LogP contribution in [0.1, 0.15) is 43.0 Å². The van der Waals surface area contributed by atoms with Crippen molar-refractivity contribution >= 4 is 5.78 Å². The lowest BCUT2D eigenvalue weighted by atomic mass is 9.98. The lowest BCUT2D eigenvalue weighted by Crippen LogP contribution is -2.26. The number of carbonyl (C=O) groups is 1. The molecule has 1 aromatic rings. The first-order valence-electron chi connectivity index (χ1n) is 5.70. The standard InChI is InChI=1S/C13H15FO2/c1-2-3-4-10-8-12(15)11-7-9(14)5-6-13(11)16-10/h5-7,10H,2-4,8H2,1H3. The predicted octanol–water partition coefficient (Wildman–Crippen LogP) is 3.35. The monoisotopic (exact) mass is 222 g/mol. The topological polar surface area (TPSA) is 26.3 Å². The van der Waals surface area contributed by atoms with Gasteiger partial charge in [-0.3, -0.25) is 4.79 Å². The van der Waals surface area contributed by atoms with Crippen molar-refractivity contribution in [3.8, 4) is 5.75 Å². The minimum absolute atomic E-state index is 0.0122. The third kappa shape index (κ3) is 2.23. The lowest BCUT2D eigenvalue weighted by molar-refractivity contribution is 0.0835. The van der Waals surface area contributed by atoms with Crippen molar-refractivity contribution < 1.29 is 13.9 Å². The molecular weight excluding hydrogens is 207 g/mol. The Morgan fingerprint density at radius 3 is 3.06 bits per heavy atom. The van der Waals surface area contributed by atoms with Gasteiger partial charge in [-0.2, -0.15) is 0 Å². The number of carbonyl (C=O) groups excluding carboxylic acids is 1. The molecule has 1 aromatic carbocycles. The van der Waals surface area contributed by atoms with E-state index in [9.17, 15) is 9.18 Å². The molecule has 1 aliphatic heterocycles. The molecule has 0 aliphatic carbocycles. The van der Waals surface area contributed by atoms with Gasteiger partial charge in [0.1, 0.15) is 17.7 Å². The summed E-state index contributed by atoms with van der Waals surface area (Å²) in [4.78, 5) is 11.8. The average molecular weight is 222 g/mol. The minimum Gasteiger partial charge on any atom is -0.489 e. The van der Waals surface area contributed by atoms with Crippen LogP contribution in [0.3, 0.4) is 0 Å². The fourth-order valence-electron chi connectivity index (χ4n) is 1.95. The fraction of sp³-hybridized carbons (Fsp3) is 0.462. The van der Waals surface area contributed by atoms with Gasteiger partial charge in [-0.15, -0.1) is 0 Å². The van der Waals surface area contributed by atoms with Gasteiger partial charge in [0, 0.05) is 6.42 Å². The zero-order valence-electron chi connectivity index (χ0n) is 9.33. The van der Waals surface area contributed by atoms with Gasteiger partial charge in [0.15, 0.2) is 5.78 Å². The second-order valence-electron chi connectivity index (χ2n) is 4.15. The first kappa shape index (κ1) is 11.1. The number of unbranched alkanes of at least 4 members (excludes halogenated alkanes) is 1. The van der Waals surface area contributed by atoms with Gasteiger partial charge in [0.25, 0.3) is 0 Å². The average Bonchev–Trinajstić information content (AvgIpc) is 2.27. The molecule has 0 radical (unpaired) electrons. The van der Waals surface area contributed by atoms with Crippen LogP contribution in [0.25, 0.3) is 0 Å². The normalized spacial score (nSPS) is 19.1. The van der Waals surface area contributed by atoms with E-state index in [0.717, 1.165) is 19.3 Å². The van der Waals surface area contributed by atoms with Gasteiger partial charge in [-0.05, 0) is 24.6 Å². The Bertz CT molecular complexity index is 401. The van der Waals surface area contributed by atoms with Crippen molar-refractivity contribution in [2.45, 2.75) is 38.7 Å². The van der Waals surface area contributed by atoms with Crippen molar-refractivity contribution in [3.63, 3.8) is 0 Å². The number of Topliss-reactive ketones (excluding diaryl/α,β-unsaturated/α-hetero) is 1. The fourth-order valence-corrected chi connectivity index (χ4v) is 1.95. The van der Waals surface area contributed by atoms with E-state index in [0.29, 0.717) is 17.7 Å². The number of hydrogen-bond acceptors (Lipinski definition) is 2. The molecule has 0 N–H and O–H groups in total. The largest absolute Gasteiger partial charge is 0.489 e. The number of ketones is 1. The van der Waals surface area contributed by atoms with Gasteiger partial charge in [-0.25, -0.2) is 4.39 Å². The van der Waals surface area contributed by atoms with E-state index < -0.39 is 0 Å². The first-order valence-corrected chi connectivity index (χ1v) is 5.70. The summed E-state index contributed by atoms with van der Waals surface area (Å²) in [5, 5.41) is 0. The van der Waals surface area contributed by atoms with Crippen molar-refractivity contribution in [1.29, 1.82) is 0 Å². The summed E-state index contributed by atoms with van der Waals surface area (Å²) < 4.78 is 18.6. The summed E-state index contributed by atoms with van der Waals surface area (Å²) in [6, 6.07) is 4.13. The second kappa shape index (κ2) is 4.64. The molecule has 0 fully saturated rings. The zero-order valence-corrected chi connectivity index (χ0v) is 9.33. The van der Waals surface area contributed by atoms with Gasteiger partial charge in [0.05, 0.1) is 5.56 Å². The van der Waals surface area contributed by atoms with Crippen LogP contribution in [0, 0.1) is 5.82 Å². The third-order valence-corrected chi connectivity index (χ3v) is 2.83. The van der Waals surface area contributed by atoms with Gasteiger partial charge < -0.3 is 4.74 Å². The maximum atomic E-state index is 13.0. The van der Waals surface area contributed by atoms with E-state index in [1.165, 1.54) is 12.1 Å². The van der Waals surface area contributed by atoms with Crippen LogP contribution in [0.2, 0.25) is 0 Å². The Morgan fingerprint density at radius 2 is 2.31 bits per heavy atom. The SMILES string of the molecule is CCCCC1CC(=O)c2cc(F)ccc2O1. The summed E-state index contributed by atoms with van der Waals surface area (Å²) in [5.74, 6) is 0.128. The molecule has 2 nitrogen and oxygen atoms in total. The van der Waals surface area contributed by atoms with Crippen LogP contribution in [0.15, 0.2) is 18.2 Å². The highest BCUT2D eigenvalue weighted by Gasteiger charge is 2.26. The number of fused-ring (bicyclic) bond motifs is 1. The molecule has 16 heavy (non-hydrogen) atoms. The Labute approximate surface area is 94.4 Å². The van der Waals surface area contributed by atoms with E-state index in [1.807, 2.05) is 0 Å². The number of rotatable bonds is 3. The van der Waals surface area contributed by atoms with Crippen LogP contribution in [0.5, 0.6) is 5.75 Å². The van der Waals surface area contributed by atoms with Crippen LogP contribution in [-0.4, -0.2) is 11.9 Å². The number of ether oxygens (including phenoxy) is 1. The highest BCUT2D eigenvalue weighted by atomic mass is 19.1. The van der Waals surface area contributed by atoms with Crippen molar-refractivity contribution in [2.24, 2.45) is 0 Å². The summed E-state index contributed by atoms with van der Waals surface area (Å²) in [5.41, 5.74) is 0.382. The summed E-state index contributed by atoms with van der Waals surface area (Å²) in [7, 11) is 0. The second-order valence-corrected chi connectivity index (χ2v) is 4.15. The maximum Gasteiger partial charge on any atom is 0.170 e. The Morgan fingerprint density at radius 1 is 1.50 bits per heavy atom. The molecule has 0 aromatic heterocycles. The third-order valence-electron chi connectivity index (χ3n) is 2.83. The Hall–Kier alpha value is -1.38. The van der Waals surface area contributed by atoms with Crippen LogP contribution >= 0.6 is 0 Å². The predicted molar refractivity (Wildman–Crippen MR) is 59.3 cm³/mol. The number of benzene rings is 1. The molecule has 2 rings (SSSR count). The van der Waals surface area contributed by atoms with E-state index in [-0.39, 0.29) is 17.7 Å². The van der Waals surface area contributed by atoms with E-state index in [1.54, 1.807) is 6.07 Å². The van der Waals surface area contributed by atoms with Crippen LogP contribution < -0.4 is 4.74 Å². The molecule has 1 heterocycles. The Kier molecular flexibility index (Phi) is 3.22. The smallest absolute Gasteiger partial charge is 0.170 e. The highest BCUT2D eigenvalue weighted by Crippen LogP contribution is 2.29. The van der Waals surface area contributed by atoms with Crippen LogP contribution in [0.4, 0.5) is 4.39 Å². The molecule has 0 bridgehead atoms. The molecule has 0 saturated heterocycles. The highest BCUT2D eigenvalue weighted by molar-refractivity contribution is 5.99. The van der Waals surface area contributed by atoms with E-state index in [4.69, 9.17) is 4.74 Å². The zero-order chi connectivity index (χ0) is 11.5. The molecule has 0 saturated carbocycles. The lowest BCUT2D eigenvalue weighted by Gasteiger charge is -2.25. The van der Waals surface area contributed by atoms with Gasteiger partial charge in [0.2, 0.25) is 0 Å².